The summed E-state index contributed by atoms with van der Waals surface area (Å²) in [6.07, 6.45) is 1.78. The molecule has 0 fully saturated rings. The van der Waals surface area contributed by atoms with Crippen LogP contribution in [-0.2, 0) is 5.88 Å². The van der Waals surface area contributed by atoms with Crippen molar-refractivity contribution in [2.75, 3.05) is 0 Å². The minimum atomic E-state index is -0.237. The Morgan fingerprint density at radius 3 is 2.81 bits per heavy atom. The van der Waals surface area contributed by atoms with Gasteiger partial charge < -0.3 is 4.57 Å². The van der Waals surface area contributed by atoms with E-state index in [2.05, 4.69) is 9.97 Å². The van der Waals surface area contributed by atoms with Crippen molar-refractivity contribution in [3.8, 4) is 0 Å². The summed E-state index contributed by atoms with van der Waals surface area (Å²) < 4.78 is 15.9. The Bertz CT molecular complexity index is 797. The number of hydrogen-bond acceptors (Lipinski definition) is 2. The maximum Gasteiger partial charge on any atom is 0.160 e. The first-order chi connectivity index (χ1) is 10.1. The molecule has 0 radical (unpaired) electrons. The highest BCUT2D eigenvalue weighted by atomic mass is 35.5. The predicted octanol–water partition coefficient (Wildman–Crippen LogP) is 4.23. The van der Waals surface area contributed by atoms with Crippen LogP contribution in [-0.4, -0.2) is 14.5 Å². The predicted molar refractivity (Wildman–Crippen MR) is 82.0 cm³/mol. The number of aromatic nitrogens is 3. The average molecular weight is 304 g/mol. The molecule has 0 N–H and O–H groups in total. The van der Waals surface area contributed by atoms with Crippen LogP contribution in [0.15, 0.2) is 36.5 Å². The van der Waals surface area contributed by atoms with Crippen molar-refractivity contribution < 1.29 is 4.39 Å². The molecule has 3 rings (SSSR count). The Morgan fingerprint density at radius 1 is 1.33 bits per heavy atom. The largest absolute Gasteiger partial charge is 0.304 e. The zero-order chi connectivity index (χ0) is 15.0. The topological polar surface area (TPSA) is 30.7 Å². The lowest BCUT2D eigenvalue weighted by atomic mass is 10.1. The summed E-state index contributed by atoms with van der Waals surface area (Å²) >= 11 is 6.01. The van der Waals surface area contributed by atoms with Gasteiger partial charge in [-0.15, -0.1) is 11.6 Å². The van der Waals surface area contributed by atoms with E-state index in [1.165, 1.54) is 6.07 Å². The first-order valence-corrected chi connectivity index (χ1v) is 7.29. The molecule has 1 atom stereocenters. The molecule has 21 heavy (non-hydrogen) atoms. The van der Waals surface area contributed by atoms with Crippen LogP contribution in [0.4, 0.5) is 4.39 Å². The van der Waals surface area contributed by atoms with Crippen molar-refractivity contribution >= 4 is 22.8 Å². The molecule has 0 bridgehead atoms. The van der Waals surface area contributed by atoms with E-state index in [0.717, 1.165) is 16.7 Å². The Balaban J connectivity index is 2.21. The van der Waals surface area contributed by atoms with Gasteiger partial charge in [0.2, 0.25) is 0 Å². The number of alkyl halides is 1. The smallest absolute Gasteiger partial charge is 0.160 e. The van der Waals surface area contributed by atoms with Crippen LogP contribution in [0.2, 0.25) is 0 Å². The molecule has 0 saturated carbocycles. The molecule has 1 unspecified atom stereocenters. The van der Waals surface area contributed by atoms with Crippen molar-refractivity contribution in [3.05, 3.63) is 59.3 Å². The molecule has 0 saturated heterocycles. The lowest BCUT2D eigenvalue weighted by molar-refractivity contribution is 0.554. The number of hydrogen-bond donors (Lipinski definition) is 0. The van der Waals surface area contributed by atoms with Gasteiger partial charge in [0.25, 0.3) is 0 Å². The number of rotatable bonds is 3. The van der Waals surface area contributed by atoms with Crippen LogP contribution in [0, 0.1) is 12.7 Å². The number of aryl methyl sites for hydroxylation is 1. The summed E-state index contributed by atoms with van der Waals surface area (Å²) in [6.45, 7) is 3.89. The maximum absolute atomic E-state index is 14.0. The van der Waals surface area contributed by atoms with Gasteiger partial charge in [0.1, 0.15) is 17.2 Å². The van der Waals surface area contributed by atoms with E-state index in [0.29, 0.717) is 11.4 Å². The minimum Gasteiger partial charge on any atom is -0.304 e. The van der Waals surface area contributed by atoms with Gasteiger partial charge in [-0.25, -0.2) is 14.4 Å². The molecule has 0 aliphatic heterocycles. The Kier molecular flexibility index (Phi) is 3.64. The average Bonchev–Trinajstić information content (AvgIpc) is 2.84. The van der Waals surface area contributed by atoms with E-state index < -0.39 is 0 Å². The van der Waals surface area contributed by atoms with Crippen LogP contribution < -0.4 is 0 Å². The van der Waals surface area contributed by atoms with Gasteiger partial charge in [0.05, 0.1) is 11.9 Å². The van der Waals surface area contributed by atoms with Gasteiger partial charge in [-0.1, -0.05) is 18.2 Å². The van der Waals surface area contributed by atoms with E-state index in [1.807, 2.05) is 30.5 Å². The van der Waals surface area contributed by atoms with Crippen LogP contribution >= 0.6 is 11.6 Å². The van der Waals surface area contributed by atoms with Gasteiger partial charge in [-0.05, 0) is 31.5 Å². The van der Waals surface area contributed by atoms with Gasteiger partial charge in [-0.2, -0.15) is 0 Å². The molecule has 108 valence electrons. The quantitative estimate of drug-likeness (QED) is 0.678. The molecular formula is C16H15ClFN3. The third kappa shape index (κ3) is 2.40. The van der Waals surface area contributed by atoms with Crippen molar-refractivity contribution in [1.82, 2.24) is 14.5 Å². The first kappa shape index (κ1) is 14.0. The summed E-state index contributed by atoms with van der Waals surface area (Å²) in [5, 5.41) is 0. The fraction of sp³-hybridized carbons (Fsp3) is 0.250. The van der Waals surface area contributed by atoms with Crippen LogP contribution in [0.25, 0.3) is 11.2 Å². The first-order valence-electron chi connectivity index (χ1n) is 6.75. The summed E-state index contributed by atoms with van der Waals surface area (Å²) in [7, 11) is 0. The highest BCUT2D eigenvalue weighted by Crippen LogP contribution is 2.27. The number of halogens is 2. The molecular weight excluding hydrogens is 289 g/mol. The number of fused-ring (bicyclic) bond motifs is 1. The molecule has 0 aliphatic rings. The normalized spacial score (nSPS) is 12.8. The molecule has 2 heterocycles. The van der Waals surface area contributed by atoms with Crippen LogP contribution in [0.1, 0.15) is 29.9 Å². The number of pyridine rings is 1. The van der Waals surface area contributed by atoms with Crippen molar-refractivity contribution in [2.45, 2.75) is 25.8 Å². The summed E-state index contributed by atoms with van der Waals surface area (Å²) in [6, 6.07) is 8.48. The molecule has 0 amide bonds. The lowest BCUT2D eigenvalue weighted by Gasteiger charge is -2.17. The van der Waals surface area contributed by atoms with Crippen molar-refractivity contribution in [3.63, 3.8) is 0 Å². The molecule has 3 aromatic rings. The van der Waals surface area contributed by atoms with E-state index in [1.54, 1.807) is 18.3 Å². The monoisotopic (exact) mass is 303 g/mol. The third-order valence-corrected chi connectivity index (χ3v) is 3.84. The van der Waals surface area contributed by atoms with Crippen LogP contribution in [0.3, 0.4) is 0 Å². The second-order valence-corrected chi connectivity index (χ2v) is 5.35. The van der Waals surface area contributed by atoms with Crippen molar-refractivity contribution in [1.29, 1.82) is 0 Å². The highest BCUT2D eigenvalue weighted by Gasteiger charge is 2.19. The Morgan fingerprint density at radius 2 is 2.10 bits per heavy atom. The molecule has 5 heteroatoms. The van der Waals surface area contributed by atoms with E-state index in [-0.39, 0.29) is 17.7 Å². The lowest BCUT2D eigenvalue weighted by Crippen LogP contribution is -2.12. The number of benzene rings is 1. The van der Waals surface area contributed by atoms with Gasteiger partial charge in [0.15, 0.2) is 5.65 Å². The molecule has 0 aliphatic carbocycles. The Labute approximate surface area is 127 Å². The summed E-state index contributed by atoms with van der Waals surface area (Å²) in [5.41, 5.74) is 3.15. The SMILES string of the molecule is Cc1cnc2c(c1)nc(CCl)n2C(C)c1ccccc1F. The summed E-state index contributed by atoms with van der Waals surface area (Å²) in [4.78, 5) is 8.96. The number of imidazole rings is 1. The highest BCUT2D eigenvalue weighted by molar-refractivity contribution is 6.16. The minimum absolute atomic E-state index is 0.222. The van der Waals surface area contributed by atoms with E-state index in [4.69, 9.17) is 11.6 Å². The van der Waals surface area contributed by atoms with Gasteiger partial charge in [0, 0.05) is 11.8 Å². The third-order valence-electron chi connectivity index (χ3n) is 3.60. The van der Waals surface area contributed by atoms with Gasteiger partial charge >= 0.3 is 0 Å². The standard InChI is InChI=1S/C16H15ClFN3/c1-10-7-14-16(19-9-10)21(15(8-17)20-14)11(2)12-5-3-4-6-13(12)18/h3-7,9,11H,8H2,1-2H3. The Hall–Kier alpha value is -1.94. The molecule has 2 aromatic heterocycles. The zero-order valence-electron chi connectivity index (χ0n) is 11.8. The fourth-order valence-electron chi connectivity index (χ4n) is 2.58. The maximum atomic E-state index is 14.0. The molecule has 0 spiro atoms. The summed E-state index contributed by atoms with van der Waals surface area (Å²) in [5.74, 6) is 0.716. The molecule has 3 nitrogen and oxygen atoms in total. The van der Waals surface area contributed by atoms with E-state index >= 15 is 0 Å². The second kappa shape index (κ2) is 5.45. The second-order valence-electron chi connectivity index (χ2n) is 5.08. The fourth-order valence-corrected chi connectivity index (χ4v) is 2.77. The zero-order valence-corrected chi connectivity index (χ0v) is 12.6. The van der Waals surface area contributed by atoms with Crippen LogP contribution in [0.5, 0.6) is 0 Å². The molecule has 1 aromatic carbocycles. The number of nitrogens with zero attached hydrogens (tertiary/aromatic N) is 3. The van der Waals surface area contributed by atoms with Crippen molar-refractivity contribution in [2.24, 2.45) is 0 Å². The van der Waals surface area contributed by atoms with E-state index in [9.17, 15) is 4.39 Å². The van der Waals surface area contributed by atoms with Gasteiger partial charge in [-0.3, -0.25) is 0 Å².